The minimum Gasteiger partial charge on any atom is -0.393 e. The van der Waals surface area contributed by atoms with Crippen LogP contribution in [-0.2, 0) is 9.53 Å². The number of rotatable bonds is 1. The van der Waals surface area contributed by atoms with Gasteiger partial charge >= 0.3 is 0 Å². The van der Waals surface area contributed by atoms with Crippen molar-refractivity contribution in [1.29, 1.82) is 0 Å². The summed E-state index contributed by atoms with van der Waals surface area (Å²) in [5.41, 5.74) is -0.301. The van der Waals surface area contributed by atoms with E-state index in [1.54, 1.807) is 0 Å². The Hall–Kier alpha value is -0.410. The number of Topliss-reactive ketones (excluding diaryl/α,β-unsaturated/α-hetero) is 1. The van der Waals surface area contributed by atoms with E-state index in [1.807, 2.05) is 0 Å². The second kappa shape index (κ2) is 4.46. The van der Waals surface area contributed by atoms with Crippen molar-refractivity contribution in [2.75, 3.05) is 0 Å². The minimum absolute atomic E-state index is 0.105. The van der Waals surface area contributed by atoms with Gasteiger partial charge in [0.15, 0.2) is 11.4 Å². The Labute approximate surface area is 145 Å². The lowest BCUT2D eigenvalue weighted by molar-refractivity contribution is -0.138. The molecule has 5 fully saturated rings. The highest BCUT2D eigenvalue weighted by Gasteiger charge is 2.83. The van der Waals surface area contributed by atoms with Gasteiger partial charge in [-0.2, -0.15) is 0 Å². The summed E-state index contributed by atoms with van der Waals surface area (Å²) in [7, 11) is 0. The number of carbonyl (C=O) groups is 1. The van der Waals surface area contributed by atoms with Gasteiger partial charge < -0.3 is 9.84 Å². The number of fused-ring (bicyclic) bond motifs is 4. The summed E-state index contributed by atoms with van der Waals surface area (Å²) in [6, 6.07) is 0. The smallest absolute Gasteiger partial charge is 0.167 e. The maximum absolute atomic E-state index is 12.7. The highest BCUT2D eigenvalue weighted by atomic mass is 16.6. The van der Waals surface area contributed by atoms with Crippen molar-refractivity contribution in [3.05, 3.63) is 0 Å². The van der Waals surface area contributed by atoms with Crippen LogP contribution < -0.4 is 0 Å². The van der Waals surface area contributed by atoms with Crippen LogP contribution in [0.2, 0.25) is 0 Å². The van der Waals surface area contributed by atoms with Gasteiger partial charge in [0, 0.05) is 11.8 Å². The third kappa shape index (κ3) is 1.44. The molecule has 8 atom stereocenters. The average molecular weight is 332 g/mol. The maximum atomic E-state index is 12.7. The summed E-state index contributed by atoms with van der Waals surface area (Å²) in [6.45, 7) is 6.92. The van der Waals surface area contributed by atoms with Crippen molar-refractivity contribution in [1.82, 2.24) is 0 Å². The first kappa shape index (κ1) is 15.8. The number of aliphatic hydroxyl groups excluding tert-OH is 1. The molecule has 3 heteroatoms. The van der Waals surface area contributed by atoms with E-state index in [0.29, 0.717) is 24.0 Å². The summed E-state index contributed by atoms with van der Waals surface area (Å²) in [5.74, 6) is 2.45. The zero-order valence-electron chi connectivity index (χ0n) is 15.4. The summed E-state index contributed by atoms with van der Waals surface area (Å²) in [5, 5.41) is 10.6. The van der Waals surface area contributed by atoms with Gasteiger partial charge in [-0.25, -0.2) is 0 Å². The fourth-order valence-corrected chi connectivity index (χ4v) is 8.31. The van der Waals surface area contributed by atoms with Crippen LogP contribution in [0.4, 0.5) is 0 Å². The van der Waals surface area contributed by atoms with Gasteiger partial charge in [-0.05, 0) is 74.5 Å². The van der Waals surface area contributed by atoms with Gasteiger partial charge in [0.05, 0.1) is 6.10 Å². The van der Waals surface area contributed by atoms with Crippen molar-refractivity contribution in [3.63, 3.8) is 0 Å². The predicted molar refractivity (Wildman–Crippen MR) is 91.5 cm³/mol. The van der Waals surface area contributed by atoms with Crippen LogP contribution >= 0.6 is 0 Å². The highest BCUT2D eigenvalue weighted by Crippen LogP contribution is 2.76. The molecule has 1 aliphatic heterocycles. The van der Waals surface area contributed by atoms with Gasteiger partial charge in [0.2, 0.25) is 0 Å². The molecule has 0 bridgehead atoms. The van der Waals surface area contributed by atoms with E-state index in [4.69, 9.17) is 4.74 Å². The second-order valence-electron chi connectivity index (χ2n) is 10.0. The van der Waals surface area contributed by atoms with Crippen LogP contribution in [0.3, 0.4) is 0 Å². The Morgan fingerprint density at radius 1 is 1.08 bits per heavy atom. The van der Waals surface area contributed by atoms with E-state index in [1.165, 1.54) is 19.3 Å². The van der Waals surface area contributed by atoms with Gasteiger partial charge in [-0.1, -0.05) is 20.8 Å². The largest absolute Gasteiger partial charge is 0.393 e. The molecule has 0 radical (unpaired) electrons. The standard InChI is InChI=1S/C21H32O3/c1-4-20-17(23)9-11-19(3)15-8-10-18(2)14(5-6-16(18)22)13(15)7-12-21(19,20)24-20/h13-16,22H,4-12H2,1-3H3/t13-,14-,15-,16?,18-,19+,20-,21-/m0/s1. The van der Waals surface area contributed by atoms with Crippen molar-refractivity contribution >= 4 is 5.78 Å². The molecule has 1 heterocycles. The molecule has 1 spiro atoms. The zero-order valence-corrected chi connectivity index (χ0v) is 15.4. The van der Waals surface area contributed by atoms with Crippen LogP contribution in [0, 0.1) is 28.6 Å². The van der Waals surface area contributed by atoms with Crippen molar-refractivity contribution in [2.45, 2.75) is 95.9 Å². The number of hydrogen-bond acceptors (Lipinski definition) is 3. The number of ketones is 1. The van der Waals surface area contributed by atoms with E-state index < -0.39 is 5.60 Å². The molecule has 1 N–H and O–H groups in total. The minimum atomic E-state index is -0.444. The molecule has 134 valence electrons. The Morgan fingerprint density at radius 2 is 1.88 bits per heavy atom. The Kier molecular flexibility index (Phi) is 2.94. The predicted octanol–water partition coefficient (Wildman–Crippen LogP) is 3.87. The molecule has 0 aromatic heterocycles. The SMILES string of the molecule is CC[C@@]12O[C@]13CC[C@H]1[C@@H]4CCC(O)[C@@]4(C)CC[C@@H]1[C@@]3(C)CCC2=O. The Morgan fingerprint density at radius 3 is 2.62 bits per heavy atom. The molecular formula is C21H32O3. The van der Waals surface area contributed by atoms with E-state index in [9.17, 15) is 9.90 Å². The maximum Gasteiger partial charge on any atom is 0.167 e. The molecule has 1 unspecified atom stereocenters. The lowest BCUT2D eigenvalue weighted by Crippen LogP contribution is -2.60. The molecular weight excluding hydrogens is 300 g/mol. The van der Waals surface area contributed by atoms with Gasteiger partial charge in [0.25, 0.3) is 0 Å². The summed E-state index contributed by atoms with van der Waals surface area (Å²) in [4.78, 5) is 12.7. The van der Waals surface area contributed by atoms with Crippen molar-refractivity contribution in [3.8, 4) is 0 Å². The van der Waals surface area contributed by atoms with Crippen LogP contribution in [0.1, 0.15) is 78.6 Å². The lowest BCUT2D eigenvalue weighted by atomic mass is 9.43. The summed E-state index contributed by atoms with van der Waals surface area (Å²) in [6.07, 6.45) is 9.27. The summed E-state index contributed by atoms with van der Waals surface area (Å²) >= 11 is 0. The second-order valence-corrected chi connectivity index (χ2v) is 10.0. The molecule has 0 amide bonds. The van der Waals surface area contributed by atoms with Crippen LogP contribution in [0.25, 0.3) is 0 Å². The molecule has 5 rings (SSSR count). The molecule has 0 aromatic rings. The van der Waals surface area contributed by atoms with E-state index in [0.717, 1.165) is 38.0 Å². The molecule has 0 aromatic carbocycles. The van der Waals surface area contributed by atoms with Crippen LogP contribution in [-0.4, -0.2) is 28.2 Å². The molecule has 5 aliphatic rings. The van der Waals surface area contributed by atoms with Crippen molar-refractivity contribution in [2.24, 2.45) is 28.6 Å². The number of ether oxygens (including phenoxy) is 1. The third-order valence-electron chi connectivity index (χ3n) is 9.74. The first-order valence-electron chi connectivity index (χ1n) is 10.3. The lowest BCUT2D eigenvalue weighted by Gasteiger charge is -2.59. The Balaban J connectivity index is 1.53. The highest BCUT2D eigenvalue weighted by molar-refractivity contribution is 5.93. The third-order valence-corrected chi connectivity index (χ3v) is 9.74. The van der Waals surface area contributed by atoms with E-state index in [-0.39, 0.29) is 22.5 Å². The molecule has 24 heavy (non-hydrogen) atoms. The fourth-order valence-electron chi connectivity index (χ4n) is 8.31. The number of hydrogen-bond donors (Lipinski definition) is 1. The Bertz CT molecular complexity index is 602. The topological polar surface area (TPSA) is 49.8 Å². The monoisotopic (exact) mass is 332 g/mol. The zero-order chi connectivity index (χ0) is 17.0. The van der Waals surface area contributed by atoms with Crippen LogP contribution in [0.15, 0.2) is 0 Å². The number of epoxide rings is 1. The van der Waals surface area contributed by atoms with Gasteiger partial charge in [-0.3, -0.25) is 4.79 Å². The van der Waals surface area contributed by atoms with E-state index >= 15 is 0 Å². The van der Waals surface area contributed by atoms with Gasteiger partial charge in [0.1, 0.15) is 5.60 Å². The normalized spacial score (nSPS) is 61.6. The van der Waals surface area contributed by atoms with Crippen molar-refractivity contribution < 1.29 is 14.6 Å². The quantitative estimate of drug-likeness (QED) is 0.742. The first-order valence-corrected chi connectivity index (χ1v) is 10.3. The molecule has 4 aliphatic carbocycles. The molecule has 3 nitrogen and oxygen atoms in total. The average Bonchev–Trinajstić information content (AvgIpc) is 3.17. The van der Waals surface area contributed by atoms with E-state index in [2.05, 4.69) is 20.8 Å². The summed E-state index contributed by atoms with van der Waals surface area (Å²) < 4.78 is 6.43. The van der Waals surface area contributed by atoms with Gasteiger partial charge in [-0.15, -0.1) is 0 Å². The van der Waals surface area contributed by atoms with Crippen LogP contribution in [0.5, 0.6) is 0 Å². The number of carbonyl (C=O) groups excluding carboxylic acids is 1. The molecule has 4 saturated carbocycles. The first-order chi connectivity index (χ1) is 11.3. The fraction of sp³-hybridized carbons (Fsp3) is 0.952. The number of aliphatic hydroxyl groups is 1. The molecule has 1 saturated heterocycles.